The predicted molar refractivity (Wildman–Crippen MR) is 41.5 cm³/mol. The van der Waals surface area contributed by atoms with Crippen LogP contribution in [0.4, 0.5) is 0 Å². The third-order valence-electron chi connectivity index (χ3n) is 1.64. The van der Waals surface area contributed by atoms with Crippen molar-refractivity contribution in [2.75, 3.05) is 0 Å². The zero-order chi connectivity index (χ0) is 10.4. The minimum absolute atomic E-state index is 0.115. The lowest BCUT2D eigenvalue weighted by Gasteiger charge is -2.05. The quantitative estimate of drug-likeness (QED) is 0.424. The van der Waals surface area contributed by atoms with E-state index in [-0.39, 0.29) is 11.5 Å². The van der Waals surface area contributed by atoms with Crippen LogP contribution in [0, 0.1) is 5.92 Å². The van der Waals surface area contributed by atoms with E-state index in [4.69, 9.17) is 0 Å². The normalized spacial score (nSPS) is 13.6. The van der Waals surface area contributed by atoms with Gasteiger partial charge in [0.1, 0.15) is 0 Å². The van der Waals surface area contributed by atoms with Gasteiger partial charge in [-0.25, -0.2) is 4.79 Å². The van der Waals surface area contributed by atoms with Gasteiger partial charge < -0.3 is 9.90 Å². The molecule has 0 aliphatic heterocycles. The molecule has 0 saturated carbocycles. The first-order chi connectivity index (χ1) is 5.99. The van der Waals surface area contributed by atoms with Crippen LogP contribution in [-0.2, 0) is 14.4 Å². The third-order valence-corrected chi connectivity index (χ3v) is 1.64. The van der Waals surface area contributed by atoms with Crippen LogP contribution in [-0.4, -0.2) is 11.9 Å². The van der Waals surface area contributed by atoms with Gasteiger partial charge in [0, 0.05) is 0 Å². The molecular formula is C8H13NO4. The highest BCUT2D eigenvalue weighted by atomic mass is 16.7. The summed E-state index contributed by atoms with van der Waals surface area (Å²) in [6.45, 7) is 3.05. The van der Waals surface area contributed by atoms with Crippen LogP contribution in [0.25, 0.3) is 0 Å². The summed E-state index contributed by atoms with van der Waals surface area (Å²) in [6.07, 6.45) is 1.74. The van der Waals surface area contributed by atoms with Gasteiger partial charge in [-0.2, -0.15) is 5.90 Å². The summed E-state index contributed by atoms with van der Waals surface area (Å²) in [5, 5.41) is 10.2. The number of quaternary nitrogens is 1. The number of carbonyl (C=O) groups is 2. The second-order valence-electron chi connectivity index (χ2n) is 2.77. The number of carboxylic acid groups (broad SMARTS) is 1. The number of rotatable bonds is 4. The van der Waals surface area contributed by atoms with E-state index in [0.717, 1.165) is 0 Å². The SMILES string of the molecule is C/C(=C\CC(C)C(=O)O[NH3+])C(=O)[O-]. The summed E-state index contributed by atoms with van der Waals surface area (Å²) >= 11 is 0. The fraction of sp³-hybridized carbons (Fsp3) is 0.500. The van der Waals surface area contributed by atoms with Crippen molar-refractivity contribution in [3.05, 3.63) is 11.6 Å². The maximum Gasteiger partial charge on any atom is 0.369 e. The lowest BCUT2D eigenvalue weighted by Crippen LogP contribution is -2.52. The molecule has 0 aromatic rings. The number of aliphatic carboxylic acids is 1. The van der Waals surface area contributed by atoms with Gasteiger partial charge >= 0.3 is 5.97 Å². The van der Waals surface area contributed by atoms with Gasteiger partial charge in [-0.05, 0) is 18.9 Å². The molecular weight excluding hydrogens is 174 g/mol. The van der Waals surface area contributed by atoms with Crippen LogP contribution in [0.1, 0.15) is 20.3 Å². The van der Waals surface area contributed by atoms with E-state index in [1.807, 2.05) is 0 Å². The predicted octanol–water partition coefficient (Wildman–Crippen LogP) is -1.59. The van der Waals surface area contributed by atoms with E-state index < -0.39 is 11.9 Å². The average Bonchev–Trinajstić information content (AvgIpc) is 2.11. The summed E-state index contributed by atoms with van der Waals surface area (Å²) in [6, 6.07) is 0. The maximum atomic E-state index is 10.8. The minimum atomic E-state index is -1.23. The second kappa shape index (κ2) is 5.31. The Balaban J connectivity index is 4.08. The zero-order valence-corrected chi connectivity index (χ0v) is 7.70. The Hall–Kier alpha value is -1.36. The molecule has 5 heteroatoms. The molecule has 0 rings (SSSR count). The van der Waals surface area contributed by atoms with E-state index in [9.17, 15) is 14.7 Å². The third kappa shape index (κ3) is 4.27. The van der Waals surface area contributed by atoms with E-state index in [1.165, 1.54) is 13.0 Å². The number of hydrogen-bond acceptors (Lipinski definition) is 4. The molecule has 1 unspecified atom stereocenters. The molecule has 0 saturated heterocycles. The van der Waals surface area contributed by atoms with Gasteiger partial charge in [0.2, 0.25) is 0 Å². The lowest BCUT2D eigenvalue weighted by molar-refractivity contribution is -0.658. The van der Waals surface area contributed by atoms with Gasteiger partial charge in [0.15, 0.2) is 0 Å². The molecule has 74 valence electrons. The number of carboxylic acids is 1. The zero-order valence-electron chi connectivity index (χ0n) is 7.70. The molecule has 0 aliphatic rings. The highest BCUT2D eigenvalue weighted by Crippen LogP contribution is 2.06. The second-order valence-corrected chi connectivity index (χ2v) is 2.77. The van der Waals surface area contributed by atoms with E-state index >= 15 is 0 Å². The first-order valence-electron chi connectivity index (χ1n) is 3.83. The van der Waals surface area contributed by atoms with Crippen molar-refractivity contribution in [3.8, 4) is 0 Å². The van der Waals surface area contributed by atoms with Crippen LogP contribution in [0.5, 0.6) is 0 Å². The van der Waals surface area contributed by atoms with Crippen molar-refractivity contribution in [2.24, 2.45) is 5.92 Å². The molecule has 0 aromatic heterocycles. The summed E-state index contributed by atoms with van der Waals surface area (Å²) in [5.74, 6) is 0.905. The molecule has 0 spiro atoms. The smallest absolute Gasteiger partial charge is 0.369 e. The Morgan fingerprint density at radius 3 is 2.54 bits per heavy atom. The molecule has 0 amide bonds. The van der Waals surface area contributed by atoms with Crippen LogP contribution in [0.2, 0.25) is 0 Å². The van der Waals surface area contributed by atoms with Crippen LogP contribution < -0.4 is 11.0 Å². The van der Waals surface area contributed by atoms with E-state index in [1.54, 1.807) is 6.92 Å². The fourth-order valence-corrected chi connectivity index (χ4v) is 0.675. The van der Waals surface area contributed by atoms with Crippen molar-refractivity contribution >= 4 is 11.9 Å². The van der Waals surface area contributed by atoms with Gasteiger partial charge in [-0.3, -0.25) is 4.84 Å². The first-order valence-corrected chi connectivity index (χ1v) is 3.83. The Morgan fingerprint density at radius 2 is 2.15 bits per heavy atom. The summed E-state index contributed by atoms with van der Waals surface area (Å²) in [7, 11) is 0. The molecule has 0 aromatic carbocycles. The highest BCUT2D eigenvalue weighted by Gasteiger charge is 2.13. The van der Waals surface area contributed by atoms with Crippen LogP contribution in [0.3, 0.4) is 0 Å². The molecule has 3 N–H and O–H groups in total. The van der Waals surface area contributed by atoms with Crippen molar-refractivity contribution in [3.63, 3.8) is 0 Å². The average molecular weight is 187 g/mol. The Bertz CT molecular complexity index is 234. The summed E-state index contributed by atoms with van der Waals surface area (Å²) in [5.41, 5.74) is 0.115. The van der Waals surface area contributed by atoms with Crippen molar-refractivity contribution in [2.45, 2.75) is 20.3 Å². The summed E-state index contributed by atoms with van der Waals surface area (Å²) < 4.78 is 0. The van der Waals surface area contributed by atoms with Crippen molar-refractivity contribution < 1.29 is 25.4 Å². The molecule has 0 heterocycles. The maximum absolute atomic E-state index is 10.8. The van der Waals surface area contributed by atoms with E-state index in [0.29, 0.717) is 6.42 Å². The molecule has 0 aliphatic carbocycles. The van der Waals surface area contributed by atoms with Gasteiger partial charge in [-0.1, -0.05) is 13.0 Å². The fourth-order valence-electron chi connectivity index (χ4n) is 0.675. The summed E-state index contributed by atoms with van der Waals surface area (Å²) in [4.78, 5) is 25.3. The number of carbonyl (C=O) groups excluding carboxylic acids is 2. The number of hydrogen-bond donors (Lipinski definition) is 1. The lowest BCUT2D eigenvalue weighted by atomic mass is 10.1. The Labute approximate surface area is 76.1 Å². The largest absolute Gasteiger partial charge is 0.545 e. The topological polar surface area (TPSA) is 94.1 Å². The molecule has 0 bridgehead atoms. The highest BCUT2D eigenvalue weighted by molar-refractivity contribution is 5.83. The Morgan fingerprint density at radius 1 is 1.62 bits per heavy atom. The minimum Gasteiger partial charge on any atom is -0.545 e. The van der Waals surface area contributed by atoms with Crippen molar-refractivity contribution in [1.29, 1.82) is 0 Å². The van der Waals surface area contributed by atoms with E-state index in [2.05, 4.69) is 10.7 Å². The Kier molecular flexibility index (Phi) is 4.76. The molecule has 0 fully saturated rings. The molecule has 1 atom stereocenters. The monoisotopic (exact) mass is 187 g/mol. The van der Waals surface area contributed by atoms with Gasteiger partial charge in [0.25, 0.3) is 0 Å². The molecule has 0 radical (unpaired) electrons. The van der Waals surface area contributed by atoms with Crippen LogP contribution in [0.15, 0.2) is 11.6 Å². The van der Waals surface area contributed by atoms with Gasteiger partial charge in [0.05, 0.1) is 11.9 Å². The van der Waals surface area contributed by atoms with Gasteiger partial charge in [-0.15, -0.1) is 0 Å². The first kappa shape index (κ1) is 11.6. The number of allylic oxidation sites excluding steroid dienone is 1. The standard InChI is InChI=1S/C8H13NO4/c1-5(7(10)11)3-4-6(2)8(12)13-9/h3,6H,4H2,1-2,9H3/b5-3+. The molecule has 5 nitrogen and oxygen atoms in total. The van der Waals surface area contributed by atoms with Crippen LogP contribution >= 0.6 is 0 Å². The molecule has 13 heavy (non-hydrogen) atoms. The van der Waals surface area contributed by atoms with Crippen molar-refractivity contribution in [1.82, 2.24) is 0 Å².